The summed E-state index contributed by atoms with van der Waals surface area (Å²) in [5, 5.41) is 2.58. The number of hydrogen-bond donors (Lipinski definition) is 0. The fourth-order valence-corrected chi connectivity index (χ4v) is 3.34. The van der Waals surface area contributed by atoms with E-state index in [2.05, 4.69) is 0 Å². The number of rotatable bonds is 7. The molecule has 0 spiro atoms. The van der Waals surface area contributed by atoms with Crippen LogP contribution in [-0.4, -0.2) is 22.6 Å². The Labute approximate surface area is 144 Å². The van der Waals surface area contributed by atoms with Crippen molar-refractivity contribution in [1.29, 1.82) is 0 Å². The zero-order valence-electron chi connectivity index (χ0n) is 12.7. The Kier molecular flexibility index (Phi) is 5.13. The lowest BCUT2D eigenvalue weighted by Crippen LogP contribution is -2.32. The van der Waals surface area contributed by atoms with Crippen molar-refractivity contribution in [2.24, 2.45) is 0 Å². The highest BCUT2D eigenvalue weighted by atomic mass is 35.5. The lowest BCUT2D eigenvalue weighted by Gasteiger charge is -2.22. The minimum absolute atomic E-state index is 0.0515. The highest BCUT2D eigenvalue weighted by Crippen LogP contribution is 2.29. The maximum Gasteiger partial charge on any atom is 0.223 e. The summed E-state index contributed by atoms with van der Waals surface area (Å²) in [4.78, 5) is 27.2. The third kappa shape index (κ3) is 4.43. The number of carbonyl (C=O) groups excluding carboxylic acids is 2. The third-order valence-corrected chi connectivity index (χ3v) is 5.10. The third-order valence-electron chi connectivity index (χ3n) is 3.94. The van der Waals surface area contributed by atoms with Crippen molar-refractivity contribution in [3.8, 4) is 0 Å². The van der Waals surface area contributed by atoms with E-state index in [1.165, 1.54) is 11.3 Å². The van der Waals surface area contributed by atoms with E-state index < -0.39 is 0 Å². The molecule has 0 bridgehead atoms. The van der Waals surface area contributed by atoms with Crippen LogP contribution in [0.3, 0.4) is 0 Å². The molecular weight excluding hydrogens is 330 g/mol. The van der Waals surface area contributed by atoms with Gasteiger partial charge in [-0.1, -0.05) is 29.8 Å². The normalized spacial score (nSPS) is 13.8. The second-order valence-corrected chi connectivity index (χ2v) is 7.16. The average molecular weight is 348 g/mol. The first-order chi connectivity index (χ1) is 11.1. The van der Waals surface area contributed by atoms with Crippen LogP contribution in [0.5, 0.6) is 0 Å². The summed E-state index contributed by atoms with van der Waals surface area (Å²) >= 11 is 7.33. The van der Waals surface area contributed by atoms with Gasteiger partial charge in [0.2, 0.25) is 5.91 Å². The molecule has 3 nitrogen and oxygen atoms in total. The molecule has 1 aromatic heterocycles. The van der Waals surface area contributed by atoms with E-state index in [0.29, 0.717) is 17.6 Å². The minimum Gasteiger partial charge on any atom is -0.335 e. The molecule has 1 aromatic carbocycles. The molecule has 1 heterocycles. The van der Waals surface area contributed by atoms with E-state index in [1.807, 2.05) is 46.7 Å². The first kappa shape index (κ1) is 16.2. The molecule has 0 radical (unpaired) electrons. The summed E-state index contributed by atoms with van der Waals surface area (Å²) in [6.07, 6.45) is 2.67. The highest BCUT2D eigenvalue weighted by molar-refractivity contribution is 7.12. The number of benzene rings is 1. The van der Waals surface area contributed by atoms with Crippen molar-refractivity contribution in [3.05, 3.63) is 57.2 Å². The Bertz CT molecular complexity index is 678. The number of Topliss-reactive ketones (excluding diaryl/α,β-unsaturated/α-hetero) is 1. The van der Waals surface area contributed by atoms with Gasteiger partial charge in [0.15, 0.2) is 5.78 Å². The Morgan fingerprint density at radius 3 is 2.48 bits per heavy atom. The lowest BCUT2D eigenvalue weighted by atomic mass is 10.1. The van der Waals surface area contributed by atoms with Gasteiger partial charge in [0, 0.05) is 30.5 Å². The van der Waals surface area contributed by atoms with E-state index in [4.69, 9.17) is 11.6 Å². The second kappa shape index (κ2) is 7.28. The van der Waals surface area contributed by atoms with Crippen LogP contribution in [0.2, 0.25) is 5.02 Å². The molecule has 0 atom stereocenters. The summed E-state index contributed by atoms with van der Waals surface area (Å²) in [5.41, 5.74) is 1.07. The fourth-order valence-electron chi connectivity index (χ4n) is 2.52. The quantitative estimate of drug-likeness (QED) is 0.689. The van der Waals surface area contributed by atoms with E-state index in [-0.39, 0.29) is 24.5 Å². The molecule has 1 amide bonds. The highest BCUT2D eigenvalue weighted by Gasteiger charge is 2.32. The summed E-state index contributed by atoms with van der Waals surface area (Å²) < 4.78 is 0. The first-order valence-corrected chi connectivity index (χ1v) is 9.00. The maximum atomic E-state index is 12.5. The van der Waals surface area contributed by atoms with Crippen LogP contribution < -0.4 is 0 Å². The molecule has 1 aliphatic rings. The molecule has 0 saturated heterocycles. The zero-order valence-corrected chi connectivity index (χ0v) is 14.3. The Morgan fingerprint density at radius 1 is 1.13 bits per heavy atom. The number of ketones is 1. The molecule has 0 N–H and O–H groups in total. The van der Waals surface area contributed by atoms with Crippen LogP contribution in [0, 0.1) is 0 Å². The van der Waals surface area contributed by atoms with Crippen LogP contribution in [0.1, 0.15) is 40.9 Å². The number of thiophene rings is 1. The maximum absolute atomic E-state index is 12.5. The van der Waals surface area contributed by atoms with Crippen LogP contribution in [-0.2, 0) is 11.3 Å². The SMILES string of the molecule is O=C(CCC(=O)N(Cc1ccc(Cl)cc1)C1CC1)c1cccs1. The van der Waals surface area contributed by atoms with Gasteiger partial charge in [-0.15, -0.1) is 11.3 Å². The lowest BCUT2D eigenvalue weighted by molar-refractivity contribution is -0.132. The molecule has 1 aliphatic carbocycles. The monoisotopic (exact) mass is 347 g/mol. The van der Waals surface area contributed by atoms with Gasteiger partial charge in [-0.25, -0.2) is 0 Å². The average Bonchev–Trinajstić information content (AvgIpc) is 3.24. The minimum atomic E-state index is 0.0515. The van der Waals surface area contributed by atoms with Crippen molar-refractivity contribution in [2.75, 3.05) is 0 Å². The number of amides is 1. The van der Waals surface area contributed by atoms with E-state index in [1.54, 1.807) is 0 Å². The molecule has 5 heteroatoms. The standard InChI is InChI=1S/C18H18ClNO2S/c19-14-5-3-13(4-6-14)12-20(15-7-8-15)18(22)10-9-16(21)17-2-1-11-23-17/h1-6,11,15H,7-10,12H2. The van der Waals surface area contributed by atoms with Crippen molar-refractivity contribution >= 4 is 34.6 Å². The summed E-state index contributed by atoms with van der Waals surface area (Å²) in [7, 11) is 0. The molecule has 3 rings (SSSR count). The summed E-state index contributed by atoms with van der Waals surface area (Å²) in [5.74, 6) is 0.114. The molecule has 1 saturated carbocycles. The van der Waals surface area contributed by atoms with Crippen molar-refractivity contribution in [3.63, 3.8) is 0 Å². The Morgan fingerprint density at radius 2 is 1.87 bits per heavy atom. The van der Waals surface area contributed by atoms with Crippen LogP contribution in [0.4, 0.5) is 0 Å². The van der Waals surface area contributed by atoms with Gasteiger partial charge < -0.3 is 4.90 Å². The summed E-state index contributed by atoms with van der Waals surface area (Å²) in [6, 6.07) is 11.6. The molecule has 2 aromatic rings. The predicted molar refractivity (Wildman–Crippen MR) is 92.9 cm³/mol. The van der Waals surface area contributed by atoms with Gasteiger partial charge >= 0.3 is 0 Å². The Balaban J connectivity index is 1.58. The molecule has 0 unspecified atom stereocenters. The van der Waals surface area contributed by atoms with Gasteiger partial charge in [-0.3, -0.25) is 9.59 Å². The topological polar surface area (TPSA) is 37.4 Å². The molecule has 120 valence electrons. The number of hydrogen-bond acceptors (Lipinski definition) is 3. The zero-order chi connectivity index (χ0) is 16.2. The number of nitrogens with zero attached hydrogens (tertiary/aromatic N) is 1. The number of carbonyl (C=O) groups is 2. The van der Waals surface area contributed by atoms with Crippen LogP contribution in [0.15, 0.2) is 41.8 Å². The van der Waals surface area contributed by atoms with Crippen molar-refractivity contribution in [2.45, 2.75) is 38.3 Å². The molecule has 1 fully saturated rings. The van der Waals surface area contributed by atoms with Gasteiger partial charge in [-0.2, -0.15) is 0 Å². The smallest absolute Gasteiger partial charge is 0.223 e. The van der Waals surface area contributed by atoms with Crippen LogP contribution in [0.25, 0.3) is 0 Å². The van der Waals surface area contributed by atoms with Gasteiger partial charge in [0.25, 0.3) is 0 Å². The van der Waals surface area contributed by atoms with Gasteiger partial charge in [-0.05, 0) is 42.0 Å². The molecule has 23 heavy (non-hydrogen) atoms. The van der Waals surface area contributed by atoms with Crippen molar-refractivity contribution < 1.29 is 9.59 Å². The second-order valence-electron chi connectivity index (χ2n) is 5.78. The van der Waals surface area contributed by atoms with Gasteiger partial charge in [0.1, 0.15) is 0 Å². The van der Waals surface area contributed by atoms with E-state index in [9.17, 15) is 9.59 Å². The Hall–Kier alpha value is -1.65. The number of halogens is 1. The van der Waals surface area contributed by atoms with E-state index in [0.717, 1.165) is 23.3 Å². The summed E-state index contributed by atoms with van der Waals surface area (Å²) in [6.45, 7) is 0.591. The van der Waals surface area contributed by atoms with E-state index >= 15 is 0 Å². The fraction of sp³-hybridized carbons (Fsp3) is 0.333. The van der Waals surface area contributed by atoms with Crippen molar-refractivity contribution in [1.82, 2.24) is 4.90 Å². The molecule has 0 aliphatic heterocycles. The first-order valence-electron chi connectivity index (χ1n) is 7.74. The predicted octanol–water partition coefficient (Wildman–Crippen LogP) is 4.56. The molecular formula is C18H18ClNO2S. The van der Waals surface area contributed by atoms with Crippen LogP contribution >= 0.6 is 22.9 Å². The van der Waals surface area contributed by atoms with Gasteiger partial charge in [0.05, 0.1) is 4.88 Å². The largest absolute Gasteiger partial charge is 0.335 e.